The quantitative estimate of drug-likeness (QED) is 0.807. The Labute approximate surface area is 172 Å². The molecule has 0 unspecified atom stereocenters. The molecule has 2 N–H and O–H groups in total. The van der Waals surface area contributed by atoms with Gasteiger partial charge in [0.1, 0.15) is 11.8 Å². The predicted molar refractivity (Wildman–Crippen MR) is 110 cm³/mol. The van der Waals surface area contributed by atoms with E-state index in [1.165, 1.54) is 0 Å². The highest BCUT2D eigenvalue weighted by molar-refractivity contribution is 5.60. The van der Waals surface area contributed by atoms with Crippen molar-refractivity contribution in [2.45, 2.75) is 52.1 Å². The summed E-state index contributed by atoms with van der Waals surface area (Å²) in [6, 6.07) is 14.2. The minimum absolute atomic E-state index is 0.0503. The van der Waals surface area contributed by atoms with E-state index < -0.39 is 11.3 Å². The molecule has 0 aliphatic heterocycles. The fraction of sp³-hybridized carbons (Fsp3) is 0.458. The lowest BCUT2D eigenvalue weighted by Crippen LogP contribution is -2.43. The van der Waals surface area contributed by atoms with Gasteiger partial charge in [0.05, 0.1) is 29.5 Å². The van der Waals surface area contributed by atoms with E-state index in [0.29, 0.717) is 17.2 Å². The molecule has 2 aliphatic carbocycles. The van der Waals surface area contributed by atoms with Gasteiger partial charge in [0.2, 0.25) is 0 Å². The zero-order valence-electron chi connectivity index (χ0n) is 17.1. The molecule has 3 rings (SSSR count). The number of para-hydroxylation sites is 1. The van der Waals surface area contributed by atoms with Gasteiger partial charge in [0.25, 0.3) is 0 Å². The molecule has 0 heterocycles. The second-order valence-corrected chi connectivity index (χ2v) is 8.13. The van der Waals surface area contributed by atoms with Crippen molar-refractivity contribution in [1.82, 2.24) is 0 Å². The first-order chi connectivity index (χ1) is 13.9. The molecule has 3 atom stereocenters. The number of nitriles is 3. The van der Waals surface area contributed by atoms with Crippen molar-refractivity contribution in [3.63, 3.8) is 0 Å². The molecule has 2 aliphatic rings. The van der Waals surface area contributed by atoms with Crippen molar-refractivity contribution in [2.75, 3.05) is 0 Å². The van der Waals surface area contributed by atoms with Gasteiger partial charge in [-0.2, -0.15) is 15.8 Å². The molecule has 0 spiro atoms. The van der Waals surface area contributed by atoms with E-state index in [1.807, 2.05) is 38.1 Å². The van der Waals surface area contributed by atoms with Gasteiger partial charge in [-0.25, -0.2) is 0 Å². The molecule has 0 amide bonds. The van der Waals surface area contributed by atoms with Crippen LogP contribution in [-0.4, -0.2) is 6.10 Å². The number of nitrogens with zero attached hydrogens (tertiary/aromatic N) is 3. The van der Waals surface area contributed by atoms with E-state index in [9.17, 15) is 15.8 Å². The summed E-state index contributed by atoms with van der Waals surface area (Å²) in [6.45, 7) is 6.04. The lowest BCUT2D eigenvalue weighted by atomic mass is 9.55. The van der Waals surface area contributed by atoms with Crippen LogP contribution in [0.3, 0.4) is 0 Å². The van der Waals surface area contributed by atoms with Crippen molar-refractivity contribution < 1.29 is 4.74 Å². The van der Waals surface area contributed by atoms with Gasteiger partial charge in [-0.15, -0.1) is 0 Å². The topological polar surface area (TPSA) is 107 Å². The Kier molecular flexibility index (Phi) is 5.67. The molecule has 0 fully saturated rings. The predicted octanol–water partition coefficient (Wildman–Crippen LogP) is 4.70. The summed E-state index contributed by atoms with van der Waals surface area (Å²) in [5.41, 5.74) is 6.80. The highest BCUT2D eigenvalue weighted by atomic mass is 16.5. The molecule has 0 bridgehead atoms. The van der Waals surface area contributed by atoms with E-state index in [2.05, 4.69) is 31.2 Å². The van der Waals surface area contributed by atoms with Crippen molar-refractivity contribution >= 4 is 0 Å². The number of benzene rings is 1. The van der Waals surface area contributed by atoms with Crippen LogP contribution in [0.5, 0.6) is 5.75 Å². The average Bonchev–Trinajstić information content (AvgIpc) is 2.73. The summed E-state index contributed by atoms with van der Waals surface area (Å²) in [5, 5.41) is 30.2. The third-order valence-electron chi connectivity index (χ3n) is 6.17. The summed E-state index contributed by atoms with van der Waals surface area (Å²) in [4.78, 5) is 0. The number of allylic oxidation sites excluding steroid dienone is 4. The normalized spacial score (nSPS) is 25.3. The van der Waals surface area contributed by atoms with Gasteiger partial charge in [-0.1, -0.05) is 37.6 Å². The lowest BCUT2D eigenvalue weighted by molar-refractivity contribution is 0.225. The highest BCUT2D eigenvalue weighted by Crippen LogP contribution is 2.58. The van der Waals surface area contributed by atoms with Gasteiger partial charge < -0.3 is 10.5 Å². The lowest BCUT2D eigenvalue weighted by Gasteiger charge is -2.45. The monoisotopic (exact) mass is 386 g/mol. The van der Waals surface area contributed by atoms with E-state index >= 15 is 0 Å². The molecule has 0 saturated heterocycles. The number of rotatable bonds is 4. The molecule has 1 aromatic rings. The largest absolute Gasteiger partial charge is 0.491 e. The summed E-state index contributed by atoms with van der Waals surface area (Å²) in [5.74, 6) is 0.476. The fourth-order valence-electron chi connectivity index (χ4n) is 4.74. The third-order valence-corrected chi connectivity index (χ3v) is 6.17. The van der Waals surface area contributed by atoms with Crippen LogP contribution < -0.4 is 10.5 Å². The Morgan fingerprint density at radius 3 is 2.48 bits per heavy atom. The Bertz CT molecular complexity index is 969. The molecule has 0 radical (unpaired) electrons. The molecule has 0 saturated carbocycles. The van der Waals surface area contributed by atoms with Crippen LogP contribution >= 0.6 is 0 Å². The number of hydrogen-bond acceptors (Lipinski definition) is 5. The van der Waals surface area contributed by atoms with Gasteiger partial charge >= 0.3 is 0 Å². The summed E-state index contributed by atoms with van der Waals surface area (Å²) in [7, 11) is 0. The summed E-state index contributed by atoms with van der Waals surface area (Å²) >= 11 is 0. The number of nitrogens with two attached hydrogens (primary N) is 1. The molecule has 1 aromatic carbocycles. The van der Waals surface area contributed by atoms with E-state index in [1.54, 1.807) is 0 Å². The SMILES string of the molecule is CC[C@@H]1CC=C2C(C#N)=C(N)C(C#N)(C#N)[C@@H](c3ccccc3OC(C)C)[C@@H]2C1. The fourth-order valence-corrected chi connectivity index (χ4v) is 4.74. The van der Waals surface area contributed by atoms with Crippen molar-refractivity contribution in [3.8, 4) is 24.0 Å². The maximum Gasteiger partial charge on any atom is 0.191 e. The zero-order valence-corrected chi connectivity index (χ0v) is 17.1. The maximum absolute atomic E-state index is 10.2. The van der Waals surface area contributed by atoms with Crippen LogP contribution in [0.2, 0.25) is 0 Å². The van der Waals surface area contributed by atoms with Crippen LogP contribution in [0.25, 0.3) is 0 Å². The van der Waals surface area contributed by atoms with Crippen LogP contribution in [0.1, 0.15) is 51.5 Å². The van der Waals surface area contributed by atoms with Gasteiger partial charge in [-0.05, 0) is 50.2 Å². The summed E-state index contributed by atoms with van der Waals surface area (Å²) < 4.78 is 6.04. The van der Waals surface area contributed by atoms with Gasteiger partial charge in [0, 0.05) is 11.5 Å². The number of fused-ring (bicyclic) bond motifs is 1. The standard InChI is InChI=1S/C24H26N4O/c1-4-16-9-10-17-19(11-16)22(18-7-5-6-8-21(18)29-15(2)3)24(13-26,14-27)23(28)20(17)12-25/h5-8,10,15-16,19,22H,4,9,11,28H2,1-3H3/t16-,19-,22+/m1/s1. The molecule has 5 nitrogen and oxygen atoms in total. The minimum atomic E-state index is -1.61. The molecule has 0 aromatic heterocycles. The smallest absolute Gasteiger partial charge is 0.191 e. The summed E-state index contributed by atoms with van der Waals surface area (Å²) in [6.07, 6.45) is 4.73. The van der Waals surface area contributed by atoms with E-state index in [-0.39, 0.29) is 17.7 Å². The van der Waals surface area contributed by atoms with Crippen LogP contribution in [0, 0.1) is 51.2 Å². The maximum atomic E-state index is 10.2. The Morgan fingerprint density at radius 1 is 1.21 bits per heavy atom. The highest BCUT2D eigenvalue weighted by Gasteiger charge is 2.55. The first-order valence-corrected chi connectivity index (χ1v) is 10.1. The van der Waals surface area contributed by atoms with Gasteiger partial charge in [-0.3, -0.25) is 0 Å². The van der Waals surface area contributed by atoms with Crippen molar-refractivity contribution in [3.05, 3.63) is 52.7 Å². The van der Waals surface area contributed by atoms with Crippen LogP contribution in [0.15, 0.2) is 47.2 Å². The van der Waals surface area contributed by atoms with E-state index in [4.69, 9.17) is 10.5 Å². The van der Waals surface area contributed by atoms with Crippen molar-refractivity contribution in [2.24, 2.45) is 23.0 Å². The van der Waals surface area contributed by atoms with Crippen molar-refractivity contribution in [1.29, 1.82) is 15.8 Å². The number of ether oxygens (including phenoxy) is 1. The Morgan fingerprint density at radius 2 is 1.90 bits per heavy atom. The third kappa shape index (κ3) is 3.26. The Hall–Kier alpha value is -3.23. The van der Waals surface area contributed by atoms with Gasteiger partial charge in [0.15, 0.2) is 5.41 Å². The second kappa shape index (κ2) is 8.02. The first-order valence-electron chi connectivity index (χ1n) is 10.1. The molecular weight excluding hydrogens is 360 g/mol. The minimum Gasteiger partial charge on any atom is -0.491 e. The Balaban J connectivity index is 2.32. The first kappa shape index (κ1) is 20.5. The molecule has 5 heteroatoms. The second-order valence-electron chi connectivity index (χ2n) is 8.13. The zero-order chi connectivity index (χ0) is 21.2. The van der Waals surface area contributed by atoms with Crippen LogP contribution in [-0.2, 0) is 0 Å². The van der Waals surface area contributed by atoms with E-state index in [0.717, 1.165) is 30.4 Å². The van der Waals surface area contributed by atoms with Crippen LogP contribution in [0.4, 0.5) is 0 Å². The number of hydrogen-bond donors (Lipinski definition) is 1. The molecule has 29 heavy (non-hydrogen) atoms. The molecular formula is C24H26N4O. The average molecular weight is 386 g/mol. The molecule has 148 valence electrons.